The molecule has 0 aliphatic rings. The van der Waals surface area contributed by atoms with Gasteiger partial charge in [0.2, 0.25) is 0 Å². The summed E-state index contributed by atoms with van der Waals surface area (Å²) in [6, 6.07) is 0. The van der Waals surface area contributed by atoms with E-state index in [1.165, 1.54) is 25.7 Å². The standard InChI is InChI=1S/C13H21Br/c1-2-3-4-5-6-7-8-9-10-11-12-13-14/h2,5-6,9-10H,1,3-4,7-8,11-13H2/b6-5+,10-9+. The lowest BCUT2D eigenvalue weighted by Gasteiger charge is -1.89. The van der Waals surface area contributed by atoms with E-state index in [4.69, 9.17) is 0 Å². The van der Waals surface area contributed by atoms with E-state index in [0.717, 1.165) is 18.2 Å². The van der Waals surface area contributed by atoms with Crippen molar-refractivity contribution < 1.29 is 0 Å². The summed E-state index contributed by atoms with van der Waals surface area (Å²) in [6.45, 7) is 3.69. The summed E-state index contributed by atoms with van der Waals surface area (Å²) < 4.78 is 0. The van der Waals surface area contributed by atoms with Gasteiger partial charge in [0.1, 0.15) is 0 Å². The van der Waals surface area contributed by atoms with Crippen molar-refractivity contribution in [1.82, 2.24) is 0 Å². The normalized spacial score (nSPS) is 11.5. The second kappa shape index (κ2) is 12.7. The fraction of sp³-hybridized carbons (Fsp3) is 0.538. The molecule has 0 bridgehead atoms. The van der Waals surface area contributed by atoms with Crippen molar-refractivity contribution in [2.75, 3.05) is 5.33 Å². The van der Waals surface area contributed by atoms with E-state index in [-0.39, 0.29) is 0 Å². The monoisotopic (exact) mass is 256 g/mol. The highest BCUT2D eigenvalue weighted by Gasteiger charge is 1.80. The van der Waals surface area contributed by atoms with E-state index in [0.29, 0.717) is 0 Å². The van der Waals surface area contributed by atoms with Crippen molar-refractivity contribution in [3.63, 3.8) is 0 Å². The van der Waals surface area contributed by atoms with Gasteiger partial charge in [0.15, 0.2) is 0 Å². The Morgan fingerprint density at radius 3 is 1.79 bits per heavy atom. The fourth-order valence-electron chi connectivity index (χ4n) is 1.07. The first-order valence-corrected chi connectivity index (χ1v) is 6.50. The van der Waals surface area contributed by atoms with E-state index >= 15 is 0 Å². The molecular weight excluding hydrogens is 236 g/mol. The number of hydrogen-bond acceptors (Lipinski definition) is 0. The maximum Gasteiger partial charge on any atom is 0.00342 e. The van der Waals surface area contributed by atoms with Gasteiger partial charge >= 0.3 is 0 Å². The molecule has 0 atom stereocenters. The number of hydrogen-bond donors (Lipinski definition) is 0. The molecule has 0 aliphatic carbocycles. The highest BCUT2D eigenvalue weighted by molar-refractivity contribution is 9.09. The number of alkyl halides is 1. The topological polar surface area (TPSA) is 0 Å². The number of halogens is 1. The van der Waals surface area contributed by atoms with Gasteiger partial charge in [0.25, 0.3) is 0 Å². The highest BCUT2D eigenvalue weighted by atomic mass is 79.9. The fourth-order valence-corrected chi connectivity index (χ4v) is 1.40. The van der Waals surface area contributed by atoms with Crippen molar-refractivity contribution in [3.8, 4) is 0 Å². The van der Waals surface area contributed by atoms with Crippen LogP contribution < -0.4 is 0 Å². The molecule has 14 heavy (non-hydrogen) atoms. The second-order valence-electron chi connectivity index (χ2n) is 3.22. The first-order chi connectivity index (χ1) is 6.91. The molecule has 0 spiro atoms. The Kier molecular flexibility index (Phi) is 12.4. The maximum atomic E-state index is 3.69. The average molecular weight is 257 g/mol. The van der Waals surface area contributed by atoms with Gasteiger partial charge in [-0.15, -0.1) is 6.58 Å². The third kappa shape index (κ3) is 11.7. The number of rotatable bonds is 9. The van der Waals surface area contributed by atoms with E-state index in [9.17, 15) is 0 Å². The lowest BCUT2D eigenvalue weighted by Crippen LogP contribution is -1.71. The molecule has 0 amide bonds. The van der Waals surface area contributed by atoms with Crippen LogP contribution in [0.4, 0.5) is 0 Å². The van der Waals surface area contributed by atoms with Gasteiger partial charge in [0.05, 0.1) is 0 Å². The van der Waals surface area contributed by atoms with Crippen molar-refractivity contribution in [2.24, 2.45) is 0 Å². The molecule has 0 rings (SSSR count). The Bertz CT molecular complexity index is 168. The molecule has 1 heteroatoms. The smallest absolute Gasteiger partial charge is 0.00342 e. The Hall–Kier alpha value is -0.300. The molecular formula is C13H21Br. The van der Waals surface area contributed by atoms with Crippen LogP contribution in [0.25, 0.3) is 0 Å². The molecule has 80 valence electrons. The predicted molar refractivity (Wildman–Crippen MR) is 70.0 cm³/mol. The van der Waals surface area contributed by atoms with Crippen LogP contribution >= 0.6 is 15.9 Å². The van der Waals surface area contributed by atoms with Gasteiger partial charge in [-0.25, -0.2) is 0 Å². The first kappa shape index (κ1) is 13.7. The van der Waals surface area contributed by atoms with Crippen LogP contribution in [0.15, 0.2) is 37.0 Å². The van der Waals surface area contributed by atoms with Crippen LogP contribution in [-0.2, 0) is 0 Å². The van der Waals surface area contributed by atoms with Gasteiger partial charge in [-0.3, -0.25) is 0 Å². The quantitative estimate of drug-likeness (QED) is 0.309. The average Bonchev–Trinajstić information content (AvgIpc) is 2.21. The summed E-state index contributed by atoms with van der Waals surface area (Å²) >= 11 is 3.41. The van der Waals surface area contributed by atoms with Gasteiger partial charge in [-0.05, 0) is 38.5 Å². The largest absolute Gasteiger partial charge is 0.103 e. The highest BCUT2D eigenvalue weighted by Crippen LogP contribution is 1.99. The van der Waals surface area contributed by atoms with Crippen LogP contribution in [0.3, 0.4) is 0 Å². The van der Waals surface area contributed by atoms with Gasteiger partial charge < -0.3 is 0 Å². The van der Waals surface area contributed by atoms with Crippen molar-refractivity contribution in [3.05, 3.63) is 37.0 Å². The second-order valence-corrected chi connectivity index (χ2v) is 4.01. The van der Waals surface area contributed by atoms with Crippen molar-refractivity contribution in [1.29, 1.82) is 0 Å². The zero-order valence-electron chi connectivity index (χ0n) is 8.92. The molecule has 0 aliphatic heterocycles. The molecule has 0 fully saturated rings. The molecule has 0 radical (unpaired) electrons. The summed E-state index contributed by atoms with van der Waals surface area (Å²) in [5, 5.41) is 1.11. The predicted octanol–water partition coefficient (Wildman–Crippen LogP) is 5.02. The molecule has 0 aromatic heterocycles. The minimum atomic E-state index is 1.09. The summed E-state index contributed by atoms with van der Waals surface area (Å²) in [6.07, 6.45) is 18.0. The van der Waals surface area contributed by atoms with Crippen LogP contribution in [0.2, 0.25) is 0 Å². The minimum Gasteiger partial charge on any atom is -0.103 e. The van der Waals surface area contributed by atoms with Crippen LogP contribution in [0.1, 0.15) is 38.5 Å². The SMILES string of the molecule is C=CCC/C=C/CC/C=C/CCCBr. The van der Waals surface area contributed by atoms with E-state index in [2.05, 4.69) is 46.8 Å². The Balaban J connectivity index is 3.15. The van der Waals surface area contributed by atoms with Crippen LogP contribution in [0, 0.1) is 0 Å². The molecule has 0 nitrogen and oxygen atoms in total. The van der Waals surface area contributed by atoms with E-state index < -0.39 is 0 Å². The minimum absolute atomic E-state index is 1.09. The van der Waals surface area contributed by atoms with Gasteiger partial charge in [-0.2, -0.15) is 0 Å². The maximum absolute atomic E-state index is 3.69. The summed E-state index contributed by atoms with van der Waals surface area (Å²) in [4.78, 5) is 0. The van der Waals surface area contributed by atoms with Crippen LogP contribution in [-0.4, -0.2) is 5.33 Å². The van der Waals surface area contributed by atoms with Crippen molar-refractivity contribution >= 4 is 15.9 Å². The van der Waals surface area contributed by atoms with E-state index in [1.54, 1.807) is 0 Å². The summed E-state index contributed by atoms with van der Waals surface area (Å²) in [5.74, 6) is 0. The van der Waals surface area contributed by atoms with Gasteiger partial charge in [0, 0.05) is 5.33 Å². The third-order valence-electron chi connectivity index (χ3n) is 1.88. The van der Waals surface area contributed by atoms with Crippen LogP contribution in [0.5, 0.6) is 0 Å². The Labute approximate surface area is 96.9 Å². The molecule has 0 heterocycles. The molecule has 0 saturated heterocycles. The van der Waals surface area contributed by atoms with E-state index in [1.807, 2.05) is 6.08 Å². The van der Waals surface area contributed by atoms with Gasteiger partial charge in [-0.1, -0.05) is 46.3 Å². The third-order valence-corrected chi connectivity index (χ3v) is 2.44. The summed E-state index contributed by atoms with van der Waals surface area (Å²) in [5.41, 5.74) is 0. The number of unbranched alkanes of at least 4 members (excludes halogenated alkanes) is 3. The zero-order valence-corrected chi connectivity index (χ0v) is 10.5. The zero-order chi connectivity index (χ0) is 10.5. The Morgan fingerprint density at radius 2 is 1.29 bits per heavy atom. The summed E-state index contributed by atoms with van der Waals surface area (Å²) in [7, 11) is 0. The lowest BCUT2D eigenvalue weighted by atomic mass is 10.2. The first-order valence-electron chi connectivity index (χ1n) is 5.38. The lowest BCUT2D eigenvalue weighted by molar-refractivity contribution is 0.956. The Morgan fingerprint density at radius 1 is 0.786 bits per heavy atom. The molecule has 0 saturated carbocycles. The number of allylic oxidation sites excluding steroid dienone is 5. The molecule has 0 aromatic carbocycles. The molecule has 0 aromatic rings. The molecule has 0 N–H and O–H groups in total. The van der Waals surface area contributed by atoms with Crippen molar-refractivity contribution in [2.45, 2.75) is 38.5 Å². The molecule has 0 unspecified atom stereocenters.